The molecule has 0 aliphatic carbocycles. The van der Waals surface area contributed by atoms with E-state index in [-0.39, 0.29) is 12.0 Å². The minimum Gasteiger partial charge on any atom is -0.462 e. The van der Waals surface area contributed by atoms with Gasteiger partial charge >= 0.3 is 5.97 Å². The number of hydrogen-bond acceptors (Lipinski definition) is 2. The Morgan fingerprint density at radius 1 is 1.40 bits per heavy atom. The van der Waals surface area contributed by atoms with Crippen molar-refractivity contribution in [2.45, 2.75) is 26.4 Å². The summed E-state index contributed by atoms with van der Waals surface area (Å²) >= 11 is 0. The molecule has 82 valence electrons. The summed E-state index contributed by atoms with van der Waals surface area (Å²) in [7, 11) is 0. The molecular formula is C12H18NO2+. The monoisotopic (exact) mass is 208 g/mol. The van der Waals surface area contributed by atoms with Gasteiger partial charge in [0.2, 0.25) is 0 Å². The average Bonchev–Trinajstić information content (AvgIpc) is 2.27. The van der Waals surface area contributed by atoms with E-state index in [9.17, 15) is 4.79 Å². The molecule has 3 heteroatoms. The van der Waals surface area contributed by atoms with E-state index in [4.69, 9.17) is 4.74 Å². The van der Waals surface area contributed by atoms with Crippen LogP contribution in [-0.2, 0) is 16.1 Å². The van der Waals surface area contributed by atoms with E-state index in [1.165, 1.54) is 5.56 Å². The van der Waals surface area contributed by atoms with Crippen LogP contribution in [-0.4, -0.2) is 18.6 Å². The topological polar surface area (TPSA) is 42.9 Å². The lowest BCUT2D eigenvalue weighted by Crippen LogP contribution is -2.89. The van der Waals surface area contributed by atoms with Crippen molar-refractivity contribution in [2.24, 2.45) is 0 Å². The highest BCUT2D eigenvalue weighted by Crippen LogP contribution is 1.94. The van der Waals surface area contributed by atoms with Crippen LogP contribution in [0, 0.1) is 0 Å². The summed E-state index contributed by atoms with van der Waals surface area (Å²) < 4.78 is 4.92. The fraction of sp³-hybridized carbons (Fsp3) is 0.417. The SMILES string of the molecule is CCOC(=O)[C@@H](C)[NH2+]Cc1ccccc1. The van der Waals surface area contributed by atoms with Gasteiger partial charge in [0.05, 0.1) is 6.61 Å². The smallest absolute Gasteiger partial charge is 0.364 e. The zero-order valence-corrected chi connectivity index (χ0v) is 9.27. The first-order valence-corrected chi connectivity index (χ1v) is 5.28. The Labute approximate surface area is 90.4 Å². The maximum atomic E-state index is 11.3. The van der Waals surface area contributed by atoms with Gasteiger partial charge in [-0.15, -0.1) is 0 Å². The van der Waals surface area contributed by atoms with Crippen molar-refractivity contribution in [3.05, 3.63) is 35.9 Å². The number of esters is 1. The molecule has 0 spiro atoms. The van der Waals surface area contributed by atoms with Crippen LogP contribution in [0.1, 0.15) is 19.4 Å². The predicted octanol–water partition coefficient (Wildman–Crippen LogP) is 0.702. The third kappa shape index (κ3) is 4.13. The van der Waals surface area contributed by atoms with Crippen molar-refractivity contribution in [1.82, 2.24) is 0 Å². The highest BCUT2D eigenvalue weighted by atomic mass is 16.5. The van der Waals surface area contributed by atoms with Crippen LogP contribution in [0.2, 0.25) is 0 Å². The molecular weight excluding hydrogens is 190 g/mol. The first kappa shape index (κ1) is 11.7. The Morgan fingerprint density at radius 2 is 2.07 bits per heavy atom. The maximum Gasteiger partial charge on any atom is 0.364 e. The van der Waals surface area contributed by atoms with Gasteiger partial charge in [-0.25, -0.2) is 4.79 Å². The molecule has 15 heavy (non-hydrogen) atoms. The highest BCUT2D eigenvalue weighted by molar-refractivity contribution is 5.73. The molecule has 1 rings (SSSR count). The lowest BCUT2D eigenvalue weighted by Gasteiger charge is -2.09. The van der Waals surface area contributed by atoms with Gasteiger partial charge in [0.25, 0.3) is 0 Å². The van der Waals surface area contributed by atoms with Gasteiger partial charge in [0, 0.05) is 5.56 Å². The Kier molecular flexibility index (Phi) is 4.84. The van der Waals surface area contributed by atoms with Crippen molar-refractivity contribution in [1.29, 1.82) is 0 Å². The first-order chi connectivity index (χ1) is 7.24. The van der Waals surface area contributed by atoms with Crippen molar-refractivity contribution in [3.8, 4) is 0 Å². The van der Waals surface area contributed by atoms with Crippen LogP contribution in [0.3, 0.4) is 0 Å². The van der Waals surface area contributed by atoms with E-state index >= 15 is 0 Å². The molecule has 0 saturated heterocycles. The fourth-order valence-electron chi connectivity index (χ4n) is 1.30. The molecule has 0 aliphatic rings. The van der Waals surface area contributed by atoms with Gasteiger partial charge < -0.3 is 10.1 Å². The molecule has 0 aliphatic heterocycles. The van der Waals surface area contributed by atoms with Crippen LogP contribution in [0.15, 0.2) is 30.3 Å². The minimum absolute atomic E-state index is 0.134. The zero-order chi connectivity index (χ0) is 11.1. The van der Waals surface area contributed by atoms with Crippen LogP contribution >= 0.6 is 0 Å². The van der Waals surface area contributed by atoms with Gasteiger partial charge in [-0.05, 0) is 13.8 Å². The summed E-state index contributed by atoms with van der Waals surface area (Å²) in [6, 6.07) is 9.95. The third-order valence-electron chi connectivity index (χ3n) is 2.21. The molecule has 1 aromatic rings. The molecule has 2 N–H and O–H groups in total. The Morgan fingerprint density at radius 3 is 2.67 bits per heavy atom. The zero-order valence-electron chi connectivity index (χ0n) is 9.27. The lowest BCUT2D eigenvalue weighted by molar-refractivity contribution is -0.690. The van der Waals surface area contributed by atoms with Gasteiger partial charge in [-0.2, -0.15) is 0 Å². The van der Waals surface area contributed by atoms with Crippen molar-refractivity contribution >= 4 is 5.97 Å². The minimum atomic E-state index is -0.145. The van der Waals surface area contributed by atoms with E-state index in [0.29, 0.717) is 6.61 Å². The molecule has 0 radical (unpaired) electrons. The van der Waals surface area contributed by atoms with Crippen molar-refractivity contribution in [3.63, 3.8) is 0 Å². The molecule has 0 fully saturated rings. The Balaban J connectivity index is 2.34. The second-order valence-corrected chi connectivity index (χ2v) is 3.47. The maximum absolute atomic E-state index is 11.3. The summed E-state index contributed by atoms with van der Waals surface area (Å²) in [5, 5.41) is 1.98. The number of hydrogen-bond donors (Lipinski definition) is 1. The van der Waals surface area contributed by atoms with Crippen molar-refractivity contribution in [2.75, 3.05) is 6.61 Å². The summed E-state index contributed by atoms with van der Waals surface area (Å²) in [5.74, 6) is -0.145. The molecule has 3 nitrogen and oxygen atoms in total. The molecule has 0 unspecified atom stereocenters. The van der Waals surface area contributed by atoms with Gasteiger partial charge in [0.15, 0.2) is 6.04 Å². The van der Waals surface area contributed by atoms with Crippen molar-refractivity contribution < 1.29 is 14.8 Å². The van der Waals surface area contributed by atoms with Gasteiger partial charge in [-0.1, -0.05) is 30.3 Å². The standard InChI is InChI=1S/C12H17NO2/c1-3-15-12(14)10(2)13-9-11-7-5-4-6-8-11/h4-8,10,13H,3,9H2,1-2H3/p+1/t10-/m1/s1. The predicted molar refractivity (Wildman–Crippen MR) is 58.2 cm³/mol. The third-order valence-corrected chi connectivity index (χ3v) is 2.21. The number of benzene rings is 1. The van der Waals surface area contributed by atoms with E-state index < -0.39 is 0 Å². The van der Waals surface area contributed by atoms with E-state index in [0.717, 1.165) is 6.54 Å². The number of ether oxygens (including phenoxy) is 1. The number of nitrogens with two attached hydrogens (primary N) is 1. The second-order valence-electron chi connectivity index (χ2n) is 3.47. The van der Waals surface area contributed by atoms with Crippen LogP contribution in [0.4, 0.5) is 0 Å². The second kappa shape index (κ2) is 6.19. The van der Waals surface area contributed by atoms with E-state index in [2.05, 4.69) is 0 Å². The largest absolute Gasteiger partial charge is 0.462 e. The molecule has 0 saturated carbocycles. The normalized spacial score (nSPS) is 12.1. The number of carbonyl (C=O) groups excluding carboxylic acids is 1. The lowest BCUT2D eigenvalue weighted by atomic mass is 10.2. The summed E-state index contributed by atoms with van der Waals surface area (Å²) in [6.07, 6.45) is 0. The Bertz CT molecular complexity index is 298. The average molecular weight is 208 g/mol. The molecule has 0 amide bonds. The van der Waals surface area contributed by atoms with E-state index in [1.807, 2.05) is 49.5 Å². The molecule has 1 aromatic carbocycles. The number of rotatable bonds is 5. The highest BCUT2D eigenvalue weighted by Gasteiger charge is 2.16. The summed E-state index contributed by atoms with van der Waals surface area (Å²) in [4.78, 5) is 11.3. The Hall–Kier alpha value is -1.35. The molecule has 0 heterocycles. The molecule has 0 bridgehead atoms. The van der Waals surface area contributed by atoms with Gasteiger partial charge in [-0.3, -0.25) is 0 Å². The first-order valence-electron chi connectivity index (χ1n) is 5.28. The van der Waals surface area contributed by atoms with Crippen LogP contribution < -0.4 is 5.32 Å². The summed E-state index contributed by atoms with van der Waals surface area (Å²) in [5.41, 5.74) is 1.22. The molecule has 0 aromatic heterocycles. The number of carbonyl (C=O) groups is 1. The van der Waals surface area contributed by atoms with Crippen LogP contribution in [0.5, 0.6) is 0 Å². The summed E-state index contributed by atoms with van der Waals surface area (Å²) in [6.45, 7) is 4.94. The fourth-order valence-corrected chi connectivity index (χ4v) is 1.30. The quantitative estimate of drug-likeness (QED) is 0.724. The number of quaternary nitrogens is 1. The van der Waals surface area contributed by atoms with Crippen LogP contribution in [0.25, 0.3) is 0 Å². The van der Waals surface area contributed by atoms with E-state index in [1.54, 1.807) is 0 Å². The van der Waals surface area contributed by atoms with Gasteiger partial charge in [0.1, 0.15) is 6.54 Å². The molecule has 1 atom stereocenters.